The maximum atomic E-state index is 5.40. The SMILES string of the molecule is CCOc1cc(NCC[C@H]2CCCN2)nc(C)n1. The molecule has 1 aromatic rings. The number of hydrogen-bond donors (Lipinski definition) is 2. The smallest absolute Gasteiger partial charge is 0.218 e. The first-order valence-electron chi connectivity index (χ1n) is 6.73. The lowest BCUT2D eigenvalue weighted by atomic mass is 10.1. The van der Waals surface area contributed by atoms with Crippen LogP contribution in [-0.2, 0) is 0 Å². The highest BCUT2D eigenvalue weighted by molar-refractivity contribution is 5.38. The van der Waals surface area contributed by atoms with Gasteiger partial charge in [-0.05, 0) is 39.7 Å². The zero-order valence-electron chi connectivity index (χ0n) is 11.2. The molecule has 100 valence electrons. The average Bonchev–Trinajstić information content (AvgIpc) is 2.82. The fraction of sp³-hybridized carbons (Fsp3) is 0.692. The van der Waals surface area contributed by atoms with Gasteiger partial charge >= 0.3 is 0 Å². The molecule has 18 heavy (non-hydrogen) atoms. The molecule has 0 amide bonds. The van der Waals surface area contributed by atoms with Crippen LogP contribution in [0.3, 0.4) is 0 Å². The van der Waals surface area contributed by atoms with Gasteiger partial charge in [0.1, 0.15) is 11.6 Å². The molecule has 0 spiro atoms. The Labute approximate surface area is 108 Å². The first-order chi connectivity index (χ1) is 8.78. The summed E-state index contributed by atoms with van der Waals surface area (Å²) in [5.41, 5.74) is 0. The third-order valence-electron chi connectivity index (χ3n) is 3.07. The minimum atomic E-state index is 0.627. The topological polar surface area (TPSA) is 59.1 Å². The third kappa shape index (κ3) is 3.84. The van der Waals surface area contributed by atoms with E-state index in [0.717, 1.165) is 31.2 Å². The number of nitrogens with zero attached hydrogens (tertiary/aromatic N) is 2. The van der Waals surface area contributed by atoms with E-state index in [-0.39, 0.29) is 0 Å². The van der Waals surface area contributed by atoms with E-state index in [1.54, 1.807) is 0 Å². The van der Waals surface area contributed by atoms with Gasteiger partial charge in [-0.25, -0.2) is 4.98 Å². The fourth-order valence-corrected chi connectivity index (χ4v) is 2.23. The molecular weight excluding hydrogens is 228 g/mol. The first kappa shape index (κ1) is 13.1. The predicted octanol–water partition coefficient (Wildman–Crippen LogP) is 1.74. The van der Waals surface area contributed by atoms with Crippen molar-refractivity contribution < 1.29 is 4.74 Å². The molecule has 1 aliphatic heterocycles. The number of nitrogens with one attached hydrogen (secondary N) is 2. The molecule has 2 N–H and O–H groups in total. The van der Waals surface area contributed by atoms with E-state index in [2.05, 4.69) is 20.6 Å². The van der Waals surface area contributed by atoms with E-state index < -0.39 is 0 Å². The Kier molecular flexibility index (Phi) is 4.75. The van der Waals surface area contributed by atoms with Crippen molar-refractivity contribution in [1.29, 1.82) is 0 Å². The second-order valence-electron chi connectivity index (χ2n) is 4.58. The standard InChI is InChI=1S/C13H22N4O/c1-3-18-13-9-12(16-10(2)17-13)15-8-6-11-5-4-7-14-11/h9,11,14H,3-8H2,1-2H3,(H,15,16,17)/t11-/m1/s1. The van der Waals surface area contributed by atoms with Gasteiger partial charge in [0.25, 0.3) is 0 Å². The van der Waals surface area contributed by atoms with E-state index in [1.807, 2.05) is 19.9 Å². The third-order valence-corrected chi connectivity index (χ3v) is 3.07. The largest absolute Gasteiger partial charge is 0.478 e. The summed E-state index contributed by atoms with van der Waals surface area (Å²) in [7, 11) is 0. The zero-order chi connectivity index (χ0) is 12.8. The molecule has 5 nitrogen and oxygen atoms in total. The van der Waals surface area contributed by atoms with Gasteiger partial charge < -0.3 is 15.4 Å². The highest BCUT2D eigenvalue weighted by atomic mass is 16.5. The molecule has 0 unspecified atom stereocenters. The lowest BCUT2D eigenvalue weighted by molar-refractivity contribution is 0.325. The monoisotopic (exact) mass is 250 g/mol. The predicted molar refractivity (Wildman–Crippen MR) is 72.1 cm³/mol. The summed E-state index contributed by atoms with van der Waals surface area (Å²) in [6, 6.07) is 2.52. The molecule has 2 heterocycles. The molecule has 0 aliphatic carbocycles. The summed E-state index contributed by atoms with van der Waals surface area (Å²) < 4.78 is 5.40. The number of ether oxygens (including phenoxy) is 1. The van der Waals surface area contributed by atoms with Gasteiger partial charge in [0, 0.05) is 18.7 Å². The zero-order valence-corrected chi connectivity index (χ0v) is 11.2. The second-order valence-corrected chi connectivity index (χ2v) is 4.58. The van der Waals surface area contributed by atoms with Crippen LogP contribution in [0.15, 0.2) is 6.07 Å². The molecule has 0 aromatic carbocycles. The average molecular weight is 250 g/mol. The van der Waals surface area contributed by atoms with E-state index in [4.69, 9.17) is 4.74 Å². The van der Waals surface area contributed by atoms with E-state index in [9.17, 15) is 0 Å². The Bertz CT molecular complexity index is 377. The van der Waals surface area contributed by atoms with Crippen molar-refractivity contribution in [3.05, 3.63) is 11.9 Å². The van der Waals surface area contributed by atoms with Crippen molar-refractivity contribution >= 4 is 5.82 Å². The van der Waals surface area contributed by atoms with Gasteiger partial charge in [-0.3, -0.25) is 0 Å². The number of aromatic nitrogens is 2. The highest BCUT2D eigenvalue weighted by Gasteiger charge is 2.13. The number of hydrogen-bond acceptors (Lipinski definition) is 5. The summed E-state index contributed by atoms with van der Waals surface area (Å²) in [5, 5.41) is 6.83. The van der Waals surface area contributed by atoms with Crippen LogP contribution < -0.4 is 15.4 Å². The minimum absolute atomic E-state index is 0.627. The van der Waals surface area contributed by atoms with Gasteiger partial charge in [-0.1, -0.05) is 0 Å². The first-order valence-corrected chi connectivity index (χ1v) is 6.73. The van der Waals surface area contributed by atoms with Crippen molar-refractivity contribution in [3.63, 3.8) is 0 Å². The van der Waals surface area contributed by atoms with Crippen LogP contribution in [0, 0.1) is 6.92 Å². The molecule has 1 aromatic heterocycles. The van der Waals surface area contributed by atoms with Crippen LogP contribution in [0.4, 0.5) is 5.82 Å². The summed E-state index contributed by atoms with van der Waals surface area (Å²) in [5.74, 6) is 2.23. The van der Waals surface area contributed by atoms with Crippen LogP contribution in [0.25, 0.3) is 0 Å². The van der Waals surface area contributed by atoms with Crippen LogP contribution >= 0.6 is 0 Å². The van der Waals surface area contributed by atoms with E-state index in [0.29, 0.717) is 18.5 Å². The van der Waals surface area contributed by atoms with Gasteiger partial charge in [-0.2, -0.15) is 4.98 Å². The summed E-state index contributed by atoms with van der Waals surface area (Å²) >= 11 is 0. The van der Waals surface area contributed by atoms with Crippen LogP contribution in [0.5, 0.6) is 5.88 Å². The number of aryl methyl sites for hydroxylation is 1. The maximum Gasteiger partial charge on any atom is 0.218 e. The quantitative estimate of drug-likeness (QED) is 0.805. The Hall–Kier alpha value is -1.36. The van der Waals surface area contributed by atoms with Crippen LogP contribution in [0.2, 0.25) is 0 Å². The molecule has 2 rings (SSSR count). The molecule has 1 aliphatic rings. The summed E-state index contributed by atoms with van der Waals surface area (Å²) in [6.45, 7) is 6.55. The van der Waals surface area contributed by atoms with Gasteiger partial charge in [0.2, 0.25) is 5.88 Å². The van der Waals surface area contributed by atoms with Crippen molar-refractivity contribution in [2.45, 2.75) is 39.2 Å². The fourth-order valence-electron chi connectivity index (χ4n) is 2.23. The molecule has 1 fully saturated rings. The lowest BCUT2D eigenvalue weighted by Gasteiger charge is -2.12. The highest BCUT2D eigenvalue weighted by Crippen LogP contribution is 2.14. The summed E-state index contributed by atoms with van der Waals surface area (Å²) in [4.78, 5) is 8.58. The Morgan fingerprint density at radius 3 is 3.11 bits per heavy atom. The van der Waals surface area contributed by atoms with Crippen molar-refractivity contribution in [3.8, 4) is 5.88 Å². The number of anilines is 1. The normalized spacial score (nSPS) is 18.9. The Morgan fingerprint density at radius 1 is 1.50 bits per heavy atom. The van der Waals surface area contributed by atoms with Gasteiger partial charge in [0.05, 0.1) is 6.61 Å². The molecule has 5 heteroatoms. The molecule has 0 saturated carbocycles. The van der Waals surface area contributed by atoms with E-state index >= 15 is 0 Å². The molecule has 0 bridgehead atoms. The Morgan fingerprint density at radius 2 is 2.39 bits per heavy atom. The number of rotatable bonds is 6. The Balaban J connectivity index is 1.83. The van der Waals surface area contributed by atoms with Gasteiger partial charge in [0.15, 0.2) is 0 Å². The van der Waals surface area contributed by atoms with Crippen molar-refractivity contribution in [2.24, 2.45) is 0 Å². The van der Waals surface area contributed by atoms with Crippen molar-refractivity contribution in [2.75, 3.05) is 25.0 Å². The molecule has 1 atom stereocenters. The lowest BCUT2D eigenvalue weighted by Crippen LogP contribution is -2.24. The van der Waals surface area contributed by atoms with Crippen molar-refractivity contribution in [1.82, 2.24) is 15.3 Å². The second kappa shape index (κ2) is 6.54. The van der Waals surface area contributed by atoms with E-state index in [1.165, 1.54) is 12.8 Å². The van der Waals surface area contributed by atoms with Gasteiger partial charge in [-0.15, -0.1) is 0 Å². The molecule has 1 saturated heterocycles. The maximum absolute atomic E-state index is 5.40. The molecule has 0 radical (unpaired) electrons. The summed E-state index contributed by atoms with van der Waals surface area (Å²) in [6.07, 6.45) is 3.72. The molecular formula is C13H22N4O. The van der Waals surface area contributed by atoms with Crippen LogP contribution in [-0.4, -0.2) is 35.7 Å². The minimum Gasteiger partial charge on any atom is -0.478 e. The van der Waals surface area contributed by atoms with Crippen LogP contribution in [0.1, 0.15) is 32.0 Å².